The zero-order valence-electron chi connectivity index (χ0n) is 7.51. The fourth-order valence-electron chi connectivity index (χ4n) is 0.398. The van der Waals surface area contributed by atoms with Gasteiger partial charge in [0.05, 0.1) is 0 Å². The van der Waals surface area contributed by atoms with Gasteiger partial charge in [-0.05, 0) is 0 Å². The molecule has 0 aliphatic carbocycles. The van der Waals surface area contributed by atoms with Crippen LogP contribution in [0.2, 0.25) is 0 Å². The summed E-state index contributed by atoms with van der Waals surface area (Å²) in [5.74, 6) is -5.10. The van der Waals surface area contributed by atoms with Gasteiger partial charge in [0.25, 0.3) is 0 Å². The van der Waals surface area contributed by atoms with Gasteiger partial charge in [-0.25, -0.2) is 9.18 Å². The Bertz CT molecular complexity index is 235. The van der Waals surface area contributed by atoms with Crippen molar-refractivity contribution in [1.82, 2.24) is 4.90 Å². The van der Waals surface area contributed by atoms with Crippen LogP contribution in [-0.4, -0.2) is 48.6 Å². The Hall–Kier alpha value is -1.12. The average Bonchev–Trinajstić information content (AvgIpc) is 2.15. The van der Waals surface area contributed by atoms with Gasteiger partial charge < -0.3 is 9.84 Å². The number of carbonyl (C=O) groups is 1. The van der Waals surface area contributed by atoms with Crippen molar-refractivity contribution in [3.63, 3.8) is 0 Å². The third-order valence-corrected chi connectivity index (χ3v) is 1.33. The lowest BCUT2D eigenvalue weighted by atomic mass is 10.3. The Morgan fingerprint density at radius 2 is 1.87 bits per heavy atom. The average molecular weight is 237 g/mol. The number of amides is 1. The molecule has 0 unspecified atom stereocenters. The number of alkyl halides is 5. The lowest BCUT2D eigenvalue weighted by Crippen LogP contribution is -2.48. The van der Waals surface area contributed by atoms with Crippen LogP contribution in [0.4, 0.5) is 26.7 Å². The van der Waals surface area contributed by atoms with E-state index in [0.29, 0.717) is 0 Å². The van der Waals surface area contributed by atoms with E-state index in [0.717, 1.165) is 7.05 Å². The van der Waals surface area contributed by atoms with Crippen LogP contribution in [0, 0.1) is 0 Å². The third kappa shape index (κ3) is 3.18. The van der Waals surface area contributed by atoms with E-state index in [4.69, 9.17) is 5.11 Å². The summed E-state index contributed by atoms with van der Waals surface area (Å²) in [4.78, 5) is 10.8. The van der Waals surface area contributed by atoms with Gasteiger partial charge in [0.1, 0.15) is 6.73 Å². The highest BCUT2D eigenvalue weighted by Gasteiger charge is 2.61. The summed E-state index contributed by atoms with van der Waals surface area (Å²) in [6.07, 6.45) is -7.15. The van der Waals surface area contributed by atoms with Gasteiger partial charge in [0.2, 0.25) is 0 Å². The first-order chi connectivity index (χ1) is 6.68. The molecule has 0 rings (SSSR count). The van der Waals surface area contributed by atoms with E-state index in [1.807, 2.05) is 0 Å². The Labute approximate surface area is 81.2 Å². The van der Waals surface area contributed by atoms with Crippen LogP contribution in [0.5, 0.6) is 0 Å². The highest BCUT2D eigenvalue weighted by Crippen LogP contribution is 2.35. The second kappa shape index (κ2) is 4.60. The SMILES string of the molecule is CN(CO)C(=O)OC(F)(F)C(F)(F)CF. The van der Waals surface area contributed by atoms with Gasteiger partial charge in [-0.2, -0.15) is 17.6 Å². The number of halogens is 5. The summed E-state index contributed by atoms with van der Waals surface area (Å²) >= 11 is 0. The maximum absolute atomic E-state index is 12.4. The van der Waals surface area contributed by atoms with Crippen LogP contribution < -0.4 is 0 Å². The van der Waals surface area contributed by atoms with E-state index in [2.05, 4.69) is 4.74 Å². The summed E-state index contributed by atoms with van der Waals surface area (Å²) < 4.78 is 63.7. The molecule has 0 aromatic heterocycles. The molecule has 0 heterocycles. The van der Waals surface area contributed by atoms with Crippen molar-refractivity contribution in [2.24, 2.45) is 0 Å². The van der Waals surface area contributed by atoms with E-state index < -0.39 is 31.5 Å². The first-order valence-electron chi connectivity index (χ1n) is 3.54. The molecular formula is C6H8F5NO3. The van der Waals surface area contributed by atoms with Crippen molar-refractivity contribution in [3.8, 4) is 0 Å². The monoisotopic (exact) mass is 237 g/mol. The van der Waals surface area contributed by atoms with Crippen LogP contribution in [0.25, 0.3) is 0 Å². The Kier molecular flexibility index (Phi) is 4.26. The molecule has 1 N–H and O–H groups in total. The van der Waals surface area contributed by atoms with E-state index in [1.165, 1.54) is 0 Å². The predicted molar refractivity (Wildman–Crippen MR) is 37.2 cm³/mol. The first-order valence-corrected chi connectivity index (χ1v) is 3.54. The molecule has 0 radical (unpaired) electrons. The van der Waals surface area contributed by atoms with Crippen LogP contribution >= 0.6 is 0 Å². The van der Waals surface area contributed by atoms with Crippen molar-refractivity contribution in [3.05, 3.63) is 0 Å². The molecule has 0 saturated heterocycles. The van der Waals surface area contributed by atoms with E-state index >= 15 is 0 Å². The van der Waals surface area contributed by atoms with E-state index in [1.54, 1.807) is 0 Å². The second-order valence-electron chi connectivity index (χ2n) is 2.56. The summed E-state index contributed by atoms with van der Waals surface area (Å²) in [5.41, 5.74) is 0. The van der Waals surface area contributed by atoms with Crippen LogP contribution in [0.1, 0.15) is 0 Å². The highest BCUT2D eigenvalue weighted by molar-refractivity contribution is 5.67. The maximum Gasteiger partial charge on any atom is 0.470 e. The summed E-state index contributed by atoms with van der Waals surface area (Å²) in [5, 5.41) is 8.28. The third-order valence-electron chi connectivity index (χ3n) is 1.33. The lowest BCUT2D eigenvalue weighted by molar-refractivity contribution is -0.327. The van der Waals surface area contributed by atoms with Crippen molar-refractivity contribution in [1.29, 1.82) is 0 Å². The van der Waals surface area contributed by atoms with E-state index in [9.17, 15) is 26.7 Å². The summed E-state index contributed by atoms with van der Waals surface area (Å²) in [6.45, 7) is -3.67. The van der Waals surface area contributed by atoms with Gasteiger partial charge >= 0.3 is 18.1 Å². The minimum Gasteiger partial charge on any atom is -0.379 e. The van der Waals surface area contributed by atoms with Gasteiger partial charge in [-0.3, -0.25) is 4.90 Å². The van der Waals surface area contributed by atoms with Crippen molar-refractivity contribution >= 4 is 6.09 Å². The maximum atomic E-state index is 12.4. The molecule has 0 aliphatic rings. The minimum absolute atomic E-state index is 0.197. The van der Waals surface area contributed by atoms with E-state index in [-0.39, 0.29) is 4.90 Å². The Balaban J connectivity index is 4.57. The standard InChI is InChI=1S/C6H8F5NO3/c1-12(3-13)4(14)15-6(10,11)5(8,9)2-7/h13H,2-3H2,1H3. The number of carbonyl (C=O) groups excluding carboxylic acids is 1. The van der Waals surface area contributed by atoms with Crippen molar-refractivity contribution < 1.29 is 36.6 Å². The van der Waals surface area contributed by atoms with Crippen LogP contribution in [0.3, 0.4) is 0 Å². The molecule has 1 amide bonds. The van der Waals surface area contributed by atoms with Gasteiger partial charge in [0.15, 0.2) is 6.67 Å². The largest absolute Gasteiger partial charge is 0.470 e. The normalized spacial score (nSPS) is 12.5. The topological polar surface area (TPSA) is 49.8 Å². The van der Waals surface area contributed by atoms with Crippen LogP contribution in [-0.2, 0) is 4.74 Å². The fraction of sp³-hybridized carbons (Fsp3) is 0.833. The minimum atomic E-state index is -5.26. The second-order valence-corrected chi connectivity index (χ2v) is 2.56. The highest BCUT2D eigenvalue weighted by atomic mass is 19.3. The zero-order valence-corrected chi connectivity index (χ0v) is 7.51. The number of ether oxygens (including phenoxy) is 1. The lowest BCUT2D eigenvalue weighted by Gasteiger charge is -2.25. The molecule has 0 atom stereocenters. The van der Waals surface area contributed by atoms with Gasteiger partial charge in [-0.1, -0.05) is 0 Å². The number of aliphatic hydroxyl groups is 1. The first kappa shape index (κ1) is 13.9. The quantitative estimate of drug-likeness (QED) is 0.590. The molecule has 0 saturated carbocycles. The molecule has 0 aliphatic heterocycles. The molecule has 4 nitrogen and oxygen atoms in total. The number of rotatable bonds is 4. The summed E-state index contributed by atoms with van der Waals surface area (Å²) in [7, 11) is 0.825. The molecule has 90 valence electrons. The molecule has 0 fully saturated rings. The number of aliphatic hydroxyl groups excluding tert-OH is 1. The number of hydrogen-bond donors (Lipinski definition) is 1. The Morgan fingerprint density at radius 1 is 1.40 bits per heavy atom. The van der Waals surface area contributed by atoms with Crippen LogP contribution in [0.15, 0.2) is 0 Å². The fourth-order valence-corrected chi connectivity index (χ4v) is 0.398. The molecule has 15 heavy (non-hydrogen) atoms. The molecule has 0 aromatic carbocycles. The predicted octanol–water partition coefficient (Wildman–Crippen LogP) is 1.20. The molecule has 0 aromatic rings. The number of nitrogens with zero attached hydrogens (tertiary/aromatic N) is 1. The molecular weight excluding hydrogens is 229 g/mol. The number of hydrogen-bond acceptors (Lipinski definition) is 3. The van der Waals surface area contributed by atoms with Gasteiger partial charge in [0, 0.05) is 7.05 Å². The molecule has 0 bridgehead atoms. The molecule has 9 heteroatoms. The van der Waals surface area contributed by atoms with Gasteiger partial charge in [-0.15, -0.1) is 0 Å². The zero-order chi connectivity index (χ0) is 12.3. The summed E-state index contributed by atoms with van der Waals surface area (Å²) in [6, 6.07) is 0. The molecule has 0 spiro atoms. The van der Waals surface area contributed by atoms with Crippen molar-refractivity contribution in [2.45, 2.75) is 12.0 Å². The van der Waals surface area contributed by atoms with Crippen molar-refractivity contribution in [2.75, 3.05) is 20.5 Å². The smallest absolute Gasteiger partial charge is 0.379 e. The Morgan fingerprint density at radius 3 is 2.20 bits per heavy atom.